The molecule has 7 heterocycles. The molecule has 22 atom stereocenters. The third kappa shape index (κ3) is 23.0. The molecule has 11 bridgehead atoms. The number of likely N-dealkylation sites (N-methyl/N-ethyl adjacent to an activating group) is 1. The van der Waals surface area contributed by atoms with E-state index in [1.165, 1.54) is 52.9 Å². The van der Waals surface area contributed by atoms with E-state index in [4.69, 9.17) is 88.9 Å². The molecular formula is C90H105Cl3N10O29. The van der Waals surface area contributed by atoms with Crippen molar-refractivity contribution in [1.82, 2.24) is 42.5 Å². The summed E-state index contributed by atoms with van der Waals surface area (Å²) < 4.78 is 58.2. The first-order chi connectivity index (χ1) is 62.3. The number of hydrogen-bond acceptors (Lipinski definition) is 30. The molecule has 23 N–H and O–H groups in total. The van der Waals surface area contributed by atoms with Gasteiger partial charge >= 0.3 is 11.9 Å². The van der Waals surface area contributed by atoms with E-state index < -0.39 is 290 Å². The van der Waals surface area contributed by atoms with E-state index >= 15 is 24.0 Å². The Bertz CT molecular complexity index is 5470. The number of aromatic hydroxyl groups is 3. The Morgan fingerprint density at radius 2 is 1.33 bits per heavy atom. The third-order valence-electron chi connectivity index (χ3n) is 23.2. The summed E-state index contributed by atoms with van der Waals surface area (Å²) in [4.78, 5) is 134. The lowest BCUT2D eigenvalue weighted by Gasteiger charge is -2.44. The number of rotatable bonds is 27. The molecule has 0 aromatic heterocycles. The zero-order valence-corrected chi connectivity index (χ0v) is 74.9. The van der Waals surface area contributed by atoms with E-state index in [1.807, 2.05) is 38.1 Å². The zero-order valence-electron chi connectivity index (χ0n) is 72.6. The maximum absolute atomic E-state index is 16.6. The van der Waals surface area contributed by atoms with E-state index in [1.54, 1.807) is 38.1 Å². The third-order valence-corrected chi connectivity index (χ3v) is 24.1. The summed E-state index contributed by atoms with van der Waals surface area (Å²) >= 11 is 20.7. The van der Waals surface area contributed by atoms with Gasteiger partial charge in [-0.1, -0.05) is 97.2 Å². The average Bonchev–Trinajstić information content (AvgIpc) is 0.791. The largest absolute Gasteiger partial charge is 0.508 e. The first-order valence-corrected chi connectivity index (χ1v) is 43.2. The Morgan fingerprint density at radius 1 is 0.697 bits per heavy atom. The van der Waals surface area contributed by atoms with E-state index in [0.717, 1.165) is 71.8 Å². The molecule has 132 heavy (non-hydrogen) atoms. The standard InChI is InChI=1S/C90H105Cl3N10O29/c1-37(2)23-54(96-9)80(114)102-70-72(109)45-16-21-58(52(92)26-45)128-60-28-47-29-61(76(60)132-88-77(74(111)73(110)63(35-104)130-88)127-40(5)125-38(3)78(112)89(6,7)97-34-62(86(120)121)124-36-41-11-10-12-43(24-41)42-13-18-48(91)19-14-42)129-59-22-17-46(27-53(59)93)75(131-65-33-90(8,95)79(113)39(4)126-65)71-85(119)101-69(87(122)123)51-30-49(105)31-57(107)66(51)50-25-44(15-20-56(50)106)67(82(116)103-71)100-83(117)68(47)99-81(115)55(32-64(94)108)98-84(70)118/h10-22,24-31,37-40,54-55,62-63,65,67-75,77-79,88,96-97,104-107,109-113H,23,32-36,95H2,1-9H3,(H2,94,108)(H,98,118)(H,99,115)(H,100,117)(H,101,119)(H,102,114)(H,103,116)(H,120,121)(H,122,123)/t38?,39?,40?,54-,55+,62?,63?,65?,67?,68?,69-,70?,71+,72-,73?,74?,75-,77?,78?,79?,88?,90?/m1/s1. The fourth-order valence-electron chi connectivity index (χ4n) is 16.2. The monoisotopic (exact) mass is 1890 g/mol. The van der Waals surface area contributed by atoms with Gasteiger partial charge in [0.2, 0.25) is 53.4 Å². The SMILES string of the molecule is CN[C@H](CC(C)C)C(=O)NC1C(=O)N[C@@H](CC(N)=O)C(=O)NC2C(=O)NC3C(=O)N[C@H](C(=O)N[C@@H](C(=O)O)c4cc(O)cc(O)c4-c4cc3ccc4O)[C@H](OC3CC(C)(N)C(O)C(C)O3)c3ccc(c(Cl)c3)Oc3cc2cc(c3OC2OC(CO)C(O)C(O)C2OC(C)OC(C)C(O)C(C)(C)NCC(OCc2cccc(-c3ccc(Cl)cc3)c2)C(=O)O)Oc2ccc(cc2Cl)[C@H]1O. The summed E-state index contributed by atoms with van der Waals surface area (Å²) in [5.41, 5.74) is 8.97. The Morgan fingerprint density at radius 3 is 1.95 bits per heavy atom. The topological polar surface area (TPSA) is 608 Å². The number of aliphatic hydroxyl groups is 6. The lowest BCUT2D eigenvalue weighted by Crippen LogP contribution is -2.62. The van der Waals surface area contributed by atoms with Crippen molar-refractivity contribution in [2.75, 3.05) is 20.2 Å². The molecule has 710 valence electrons. The van der Waals surface area contributed by atoms with Crippen molar-refractivity contribution in [3.05, 3.63) is 176 Å². The Kier molecular flexibility index (Phi) is 31.7. The second kappa shape index (κ2) is 42.0. The van der Waals surface area contributed by atoms with Crippen LogP contribution >= 0.6 is 34.8 Å². The molecule has 0 aliphatic carbocycles. The Hall–Kier alpha value is -11.2. The summed E-state index contributed by atoms with van der Waals surface area (Å²) in [6.07, 6.45) is -25.4. The van der Waals surface area contributed by atoms with Crippen LogP contribution < -0.4 is 68.2 Å². The van der Waals surface area contributed by atoms with E-state index in [9.17, 15) is 75.3 Å². The number of halogens is 3. The number of benzene rings is 7. The van der Waals surface area contributed by atoms with Crippen LogP contribution in [0.4, 0.5) is 0 Å². The molecule has 2 fully saturated rings. The molecule has 7 aliphatic heterocycles. The van der Waals surface area contributed by atoms with Gasteiger partial charge in [-0.25, -0.2) is 9.59 Å². The number of carbonyl (C=O) groups excluding carboxylic acids is 7. The number of amides is 7. The van der Waals surface area contributed by atoms with Crippen LogP contribution in [0.25, 0.3) is 22.3 Å². The number of aliphatic hydroxyl groups excluding tert-OH is 6. The summed E-state index contributed by atoms with van der Waals surface area (Å²) in [6, 6.07) is 13.5. The molecule has 14 rings (SSSR count). The first-order valence-electron chi connectivity index (χ1n) is 42.0. The lowest BCUT2D eigenvalue weighted by atomic mass is 9.86. The van der Waals surface area contributed by atoms with Crippen molar-refractivity contribution in [2.45, 2.75) is 221 Å². The van der Waals surface area contributed by atoms with Crippen LogP contribution in [0.1, 0.15) is 138 Å². The lowest BCUT2D eigenvalue weighted by molar-refractivity contribution is -0.320. The molecule has 0 saturated carbocycles. The highest BCUT2D eigenvalue weighted by Gasteiger charge is 2.51. The maximum Gasteiger partial charge on any atom is 0.334 e. The number of carboxylic acids is 2. The van der Waals surface area contributed by atoms with Crippen LogP contribution in [0.5, 0.6) is 46.0 Å². The number of phenols is 3. The molecule has 16 unspecified atom stereocenters. The number of nitrogens with one attached hydrogen (secondary N) is 8. The zero-order chi connectivity index (χ0) is 96.1. The van der Waals surface area contributed by atoms with Crippen molar-refractivity contribution < 1.29 is 142 Å². The number of ether oxygens (including phenoxy) is 9. The molecule has 0 radical (unpaired) electrons. The van der Waals surface area contributed by atoms with Crippen LogP contribution in [0.3, 0.4) is 0 Å². The fourth-order valence-corrected chi connectivity index (χ4v) is 16.8. The summed E-state index contributed by atoms with van der Waals surface area (Å²) in [6.45, 7) is 10.9. The molecule has 7 aliphatic rings. The number of carboxylic acid groups (broad SMARTS) is 2. The number of hydrogen-bond donors (Lipinski definition) is 21. The van der Waals surface area contributed by atoms with E-state index in [-0.39, 0.29) is 43.0 Å². The molecule has 0 spiro atoms. The van der Waals surface area contributed by atoms with Gasteiger partial charge in [0.1, 0.15) is 89.5 Å². The second-order valence-corrected chi connectivity index (χ2v) is 35.4. The second-order valence-electron chi connectivity index (χ2n) is 34.1. The van der Waals surface area contributed by atoms with Crippen LogP contribution in [-0.4, -0.2) is 239 Å². The Labute approximate surface area is 770 Å². The van der Waals surface area contributed by atoms with Crippen LogP contribution in [0, 0.1) is 5.92 Å². The van der Waals surface area contributed by atoms with Gasteiger partial charge in [0.25, 0.3) is 0 Å². The van der Waals surface area contributed by atoms with Crippen molar-refractivity contribution in [3.8, 4) is 68.2 Å². The molecule has 7 aromatic carbocycles. The first kappa shape index (κ1) is 99.8. The van der Waals surface area contributed by atoms with E-state index in [0.29, 0.717) is 10.6 Å². The summed E-state index contributed by atoms with van der Waals surface area (Å²) in [5, 5.41) is 148. The predicted molar refractivity (Wildman–Crippen MR) is 469 cm³/mol. The quantitative estimate of drug-likeness (QED) is 0.0313. The normalized spacial score (nSPS) is 26.4. The van der Waals surface area contributed by atoms with Crippen molar-refractivity contribution >= 4 is 88.1 Å². The van der Waals surface area contributed by atoms with Gasteiger partial charge in [-0.2, -0.15) is 0 Å². The van der Waals surface area contributed by atoms with Gasteiger partial charge < -0.3 is 153 Å². The number of carbonyl (C=O) groups is 9. The number of phenolic OH excluding ortho intramolecular Hbond substituents is 3. The number of primary amides is 1. The smallest absolute Gasteiger partial charge is 0.334 e. The predicted octanol–water partition coefficient (Wildman–Crippen LogP) is 4.60. The van der Waals surface area contributed by atoms with Gasteiger partial charge in [-0.05, 0) is 173 Å². The number of aliphatic carboxylic acids is 2. The van der Waals surface area contributed by atoms with Gasteiger partial charge in [-0.3, -0.25) is 33.6 Å². The van der Waals surface area contributed by atoms with Gasteiger partial charge in [0.05, 0.1) is 60.1 Å². The fraction of sp³-hybridized carbons (Fsp3) is 0.433. The molecule has 7 aromatic rings. The molecule has 7 amide bonds. The maximum atomic E-state index is 16.6. The van der Waals surface area contributed by atoms with E-state index in [2.05, 4.69) is 42.5 Å². The molecule has 39 nitrogen and oxygen atoms in total. The number of fused-ring (bicyclic) bond motifs is 15. The van der Waals surface area contributed by atoms with Crippen molar-refractivity contribution in [2.24, 2.45) is 17.4 Å². The van der Waals surface area contributed by atoms with Gasteiger partial charge in [-0.15, -0.1) is 0 Å². The molecular weight excluding hydrogens is 1790 g/mol. The van der Waals surface area contributed by atoms with Gasteiger partial charge in [0, 0.05) is 51.8 Å². The van der Waals surface area contributed by atoms with Crippen LogP contribution in [0.2, 0.25) is 15.1 Å². The van der Waals surface area contributed by atoms with Crippen molar-refractivity contribution in [3.63, 3.8) is 0 Å². The highest BCUT2D eigenvalue weighted by atomic mass is 35.5. The highest BCUT2D eigenvalue weighted by molar-refractivity contribution is 6.32. The van der Waals surface area contributed by atoms with Crippen LogP contribution in [-0.2, 0) is 78.2 Å². The molecule has 42 heteroatoms. The van der Waals surface area contributed by atoms with Crippen molar-refractivity contribution in [1.29, 1.82) is 0 Å². The average molecular weight is 1900 g/mol. The number of nitrogens with two attached hydrogens (primary N) is 2. The summed E-state index contributed by atoms with van der Waals surface area (Å²) in [5.74, 6) is -17.9. The minimum atomic E-state index is -2.43. The Balaban J connectivity index is 1.02. The molecule has 2 saturated heterocycles. The summed E-state index contributed by atoms with van der Waals surface area (Å²) in [7, 11) is 1.46. The van der Waals surface area contributed by atoms with Gasteiger partial charge in [0.15, 0.2) is 42.3 Å². The highest BCUT2D eigenvalue weighted by Crippen LogP contribution is 2.51. The minimum Gasteiger partial charge on any atom is -0.508 e. The minimum absolute atomic E-state index is 0.128. The van der Waals surface area contributed by atoms with Crippen LogP contribution in [0.15, 0.2) is 127 Å².